The Morgan fingerprint density at radius 3 is 2.35 bits per heavy atom. The second-order valence-electron chi connectivity index (χ2n) is 5.23. The maximum absolute atomic E-state index is 11.6. The summed E-state index contributed by atoms with van der Waals surface area (Å²) in [6.45, 7) is 8.85. The van der Waals surface area contributed by atoms with E-state index < -0.39 is 18.0 Å². The summed E-state index contributed by atoms with van der Waals surface area (Å²) in [7, 11) is 0. The van der Waals surface area contributed by atoms with E-state index in [0.29, 0.717) is 19.6 Å². The van der Waals surface area contributed by atoms with Crippen LogP contribution in [0.15, 0.2) is 0 Å². The first-order valence-corrected chi connectivity index (χ1v) is 7.27. The summed E-state index contributed by atoms with van der Waals surface area (Å²) >= 11 is 0. The van der Waals surface area contributed by atoms with Crippen molar-refractivity contribution < 1.29 is 19.4 Å². The smallest absolute Gasteiger partial charge is 0.326 e. The molecule has 0 aromatic rings. The first-order valence-electron chi connectivity index (χ1n) is 7.27. The van der Waals surface area contributed by atoms with E-state index >= 15 is 0 Å². The Morgan fingerprint density at radius 1 is 1.20 bits per heavy atom. The second kappa shape index (κ2) is 10.5. The van der Waals surface area contributed by atoms with Gasteiger partial charge in [0.05, 0.1) is 6.10 Å². The lowest BCUT2D eigenvalue weighted by molar-refractivity contribution is -0.140. The number of ether oxygens (including phenoxy) is 1. The van der Waals surface area contributed by atoms with E-state index in [-0.39, 0.29) is 12.0 Å². The molecule has 0 unspecified atom stereocenters. The van der Waals surface area contributed by atoms with Gasteiger partial charge in [-0.1, -0.05) is 20.3 Å². The fourth-order valence-electron chi connectivity index (χ4n) is 1.62. The lowest BCUT2D eigenvalue weighted by atomic mass is 9.99. The molecule has 0 saturated heterocycles. The SMILES string of the molecule is CC[C@H](C)[C@H](NC(=O)NCCCCOC(C)C)C(=O)O. The molecule has 6 nitrogen and oxygen atoms in total. The topological polar surface area (TPSA) is 87.7 Å². The van der Waals surface area contributed by atoms with Crippen molar-refractivity contribution in [3.05, 3.63) is 0 Å². The average molecular weight is 288 g/mol. The summed E-state index contributed by atoms with van der Waals surface area (Å²) in [5, 5.41) is 14.2. The zero-order valence-corrected chi connectivity index (χ0v) is 12.9. The van der Waals surface area contributed by atoms with Crippen LogP contribution in [0.1, 0.15) is 47.0 Å². The van der Waals surface area contributed by atoms with Crippen LogP contribution in [0.3, 0.4) is 0 Å². The molecule has 0 spiro atoms. The number of rotatable bonds is 10. The lowest BCUT2D eigenvalue weighted by Crippen LogP contribution is -2.49. The van der Waals surface area contributed by atoms with Gasteiger partial charge in [-0.2, -0.15) is 0 Å². The first kappa shape index (κ1) is 18.7. The highest BCUT2D eigenvalue weighted by Gasteiger charge is 2.24. The van der Waals surface area contributed by atoms with E-state index in [9.17, 15) is 9.59 Å². The van der Waals surface area contributed by atoms with Gasteiger partial charge in [0.1, 0.15) is 6.04 Å². The summed E-state index contributed by atoms with van der Waals surface area (Å²) in [5.41, 5.74) is 0. The zero-order chi connectivity index (χ0) is 15.5. The number of nitrogens with one attached hydrogen (secondary N) is 2. The first-order chi connectivity index (χ1) is 9.38. The number of unbranched alkanes of at least 4 members (excludes halogenated alkanes) is 1. The third-order valence-corrected chi connectivity index (χ3v) is 3.07. The average Bonchev–Trinajstić information content (AvgIpc) is 2.38. The predicted molar refractivity (Wildman–Crippen MR) is 77.7 cm³/mol. The molecule has 0 rings (SSSR count). The Hall–Kier alpha value is -1.30. The fraction of sp³-hybridized carbons (Fsp3) is 0.857. The van der Waals surface area contributed by atoms with E-state index in [4.69, 9.17) is 9.84 Å². The molecule has 0 fully saturated rings. The van der Waals surface area contributed by atoms with Crippen LogP contribution in [0, 0.1) is 5.92 Å². The van der Waals surface area contributed by atoms with Gasteiger partial charge in [-0.3, -0.25) is 0 Å². The number of urea groups is 1. The quantitative estimate of drug-likeness (QED) is 0.536. The molecule has 0 saturated carbocycles. The van der Waals surface area contributed by atoms with Crippen molar-refractivity contribution in [3.8, 4) is 0 Å². The molecule has 0 aliphatic rings. The van der Waals surface area contributed by atoms with Crippen LogP contribution in [0.5, 0.6) is 0 Å². The third kappa shape index (κ3) is 8.74. The summed E-state index contributed by atoms with van der Waals surface area (Å²) in [4.78, 5) is 22.7. The number of hydrogen-bond acceptors (Lipinski definition) is 3. The van der Waals surface area contributed by atoms with Gasteiger partial charge in [-0.05, 0) is 32.6 Å². The predicted octanol–water partition coefficient (Wildman–Crippen LogP) is 1.99. The number of carbonyl (C=O) groups excluding carboxylic acids is 1. The Balaban J connectivity index is 3.83. The molecule has 0 aliphatic heterocycles. The maximum Gasteiger partial charge on any atom is 0.326 e. The Bertz CT molecular complexity index is 295. The van der Waals surface area contributed by atoms with E-state index in [0.717, 1.165) is 12.8 Å². The van der Waals surface area contributed by atoms with Crippen LogP contribution in [0.4, 0.5) is 4.79 Å². The Morgan fingerprint density at radius 2 is 1.85 bits per heavy atom. The van der Waals surface area contributed by atoms with Crippen LogP contribution in [0.2, 0.25) is 0 Å². The number of aliphatic carboxylic acids is 1. The zero-order valence-electron chi connectivity index (χ0n) is 12.9. The number of carbonyl (C=O) groups is 2. The molecule has 2 amide bonds. The minimum absolute atomic E-state index is 0.0994. The molecule has 118 valence electrons. The van der Waals surface area contributed by atoms with Gasteiger partial charge < -0.3 is 20.5 Å². The summed E-state index contributed by atoms with van der Waals surface area (Å²) in [6, 6.07) is -1.27. The molecule has 6 heteroatoms. The molecule has 0 aromatic heterocycles. The number of carboxylic acid groups (broad SMARTS) is 1. The van der Waals surface area contributed by atoms with E-state index in [1.165, 1.54) is 0 Å². The molecule has 20 heavy (non-hydrogen) atoms. The minimum Gasteiger partial charge on any atom is -0.480 e. The van der Waals surface area contributed by atoms with Gasteiger partial charge in [-0.25, -0.2) is 9.59 Å². The maximum atomic E-state index is 11.6. The van der Waals surface area contributed by atoms with Gasteiger partial charge in [0, 0.05) is 13.2 Å². The van der Waals surface area contributed by atoms with Crippen LogP contribution in [-0.2, 0) is 9.53 Å². The Kier molecular flexibility index (Phi) is 9.80. The van der Waals surface area contributed by atoms with Crippen molar-refractivity contribution in [2.75, 3.05) is 13.2 Å². The summed E-state index contributed by atoms with van der Waals surface area (Å²) in [5.74, 6) is -1.10. The third-order valence-electron chi connectivity index (χ3n) is 3.07. The van der Waals surface area contributed by atoms with Crippen molar-refractivity contribution in [3.63, 3.8) is 0 Å². The van der Waals surface area contributed by atoms with Gasteiger partial charge in [0.25, 0.3) is 0 Å². The highest BCUT2D eigenvalue weighted by Crippen LogP contribution is 2.07. The molecular formula is C14H28N2O4. The molecule has 0 radical (unpaired) electrons. The summed E-state index contributed by atoms with van der Waals surface area (Å²) < 4.78 is 5.38. The molecule has 2 atom stereocenters. The van der Waals surface area contributed by atoms with Gasteiger partial charge in [-0.15, -0.1) is 0 Å². The molecule has 3 N–H and O–H groups in total. The van der Waals surface area contributed by atoms with Crippen molar-refractivity contribution in [1.82, 2.24) is 10.6 Å². The highest BCUT2D eigenvalue weighted by molar-refractivity contribution is 5.82. The fourth-order valence-corrected chi connectivity index (χ4v) is 1.62. The molecule has 0 heterocycles. The largest absolute Gasteiger partial charge is 0.480 e. The van der Waals surface area contributed by atoms with Gasteiger partial charge in [0.15, 0.2) is 0 Å². The number of amides is 2. The van der Waals surface area contributed by atoms with Gasteiger partial charge >= 0.3 is 12.0 Å². The van der Waals surface area contributed by atoms with Crippen LogP contribution >= 0.6 is 0 Å². The monoisotopic (exact) mass is 288 g/mol. The van der Waals surface area contributed by atoms with Crippen LogP contribution in [0.25, 0.3) is 0 Å². The second-order valence-corrected chi connectivity index (χ2v) is 5.23. The minimum atomic E-state index is -1.00. The Labute approximate surface area is 121 Å². The summed E-state index contributed by atoms with van der Waals surface area (Å²) in [6.07, 6.45) is 2.59. The van der Waals surface area contributed by atoms with Crippen molar-refractivity contribution in [2.45, 2.75) is 59.1 Å². The van der Waals surface area contributed by atoms with Crippen LogP contribution < -0.4 is 10.6 Å². The number of carboxylic acids is 1. The normalized spacial score (nSPS) is 13.8. The molecule has 0 aromatic carbocycles. The molecule has 0 aliphatic carbocycles. The van der Waals surface area contributed by atoms with Gasteiger partial charge in [0.2, 0.25) is 0 Å². The van der Waals surface area contributed by atoms with Crippen LogP contribution in [-0.4, -0.2) is 42.4 Å². The van der Waals surface area contributed by atoms with Crippen molar-refractivity contribution in [1.29, 1.82) is 0 Å². The van der Waals surface area contributed by atoms with Crippen molar-refractivity contribution >= 4 is 12.0 Å². The molecule has 0 bridgehead atoms. The standard InChI is InChI=1S/C14H28N2O4/c1-5-11(4)12(13(17)18)16-14(19)15-8-6-7-9-20-10(2)3/h10-12H,5-9H2,1-4H3,(H,17,18)(H2,15,16,19)/t11-,12-/m0/s1. The van der Waals surface area contributed by atoms with Crippen molar-refractivity contribution in [2.24, 2.45) is 5.92 Å². The number of hydrogen-bond donors (Lipinski definition) is 3. The lowest BCUT2D eigenvalue weighted by Gasteiger charge is -2.20. The van der Waals surface area contributed by atoms with E-state index in [1.807, 2.05) is 27.7 Å². The van der Waals surface area contributed by atoms with E-state index in [2.05, 4.69) is 10.6 Å². The highest BCUT2D eigenvalue weighted by atomic mass is 16.5. The van der Waals surface area contributed by atoms with E-state index in [1.54, 1.807) is 0 Å². The molecular weight excluding hydrogens is 260 g/mol.